The van der Waals surface area contributed by atoms with E-state index in [1.807, 2.05) is 30.5 Å². The van der Waals surface area contributed by atoms with Crippen LogP contribution in [0.5, 0.6) is 0 Å². The van der Waals surface area contributed by atoms with Crippen molar-refractivity contribution in [1.82, 2.24) is 0 Å². The van der Waals surface area contributed by atoms with Crippen LogP contribution in [0.2, 0.25) is 0 Å². The van der Waals surface area contributed by atoms with Gasteiger partial charge in [-0.3, -0.25) is 5.41 Å². The van der Waals surface area contributed by atoms with Gasteiger partial charge in [0.25, 0.3) is 0 Å². The summed E-state index contributed by atoms with van der Waals surface area (Å²) in [6.07, 6.45) is 2.00. The summed E-state index contributed by atoms with van der Waals surface area (Å²) in [5, 5.41) is 7.18. The number of nitrogens with two attached hydrogens (primary N) is 1. The molecule has 0 aliphatic carbocycles. The van der Waals surface area contributed by atoms with Crippen LogP contribution in [0, 0.1) is 5.41 Å². The Kier molecular flexibility index (Phi) is 4.78. The second kappa shape index (κ2) is 5.06. The van der Waals surface area contributed by atoms with E-state index in [0.29, 0.717) is 0 Å². The second-order valence-corrected chi connectivity index (χ2v) is 3.03. The van der Waals surface area contributed by atoms with E-state index >= 15 is 0 Å². The van der Waals surface area contributed by atoms with Gasteiger partial charge in [0.15, 0.2) is 0 Å². The third-order valence-electron chi connectivity index (χ3n) is 1.38. The van der Waals surface area contributed by atoms with Crippen LogP contribution in [0.15, 0.2) is 29.2 Å². The number of rotatable bonds is 2. The number of nitrogens with one attached hydrogen (secondary N) is 1. The highest BCUT2D eigenvalue weighted by Crippen LogP contribution is 2.15. The number of benzene rings is 1. The molecule has 1 aromatic rings. The SMILES string of the molecule is CSc1cccc(C(=N)N)c1.Cl. The fraction of sp³-hybridized carbons (Fsp3) is 0.125. The zero-order chi connectivity index (χ0) is 8.27. The highest BCUT2D eigenvalue weighted by Gasteiger charge is 1.95. The van der Waals surface area contributed by atoms with Crippen LogP contribution in [-0.2, 0) is 0 Å². The summed E-state index contributed by atoms with van der Waals surface area (Å²) in [5.41, 5.74) is 6.10. The molecule has 0 heterocycles. The van der Waals surface area contributed by atoms with Crippen LogP contribution < -0.4 is 5.73 Å². The zero-order valence-corrected chi connectivity index (χ0v) is 8.34. The molecule has 4 heteroatoms. The average molecular weight is 203 g/mol. The third kappa shape index (κ3) is 2.75. The number of thioether (sulfide) groups is 1. The molecule has 0 bridgehead atoms. The maximum atomic E-state index is 7.18. The molecule has 0 unspecified atom stereocenters. The Morgan fingerprint density at radius 1 is 1.50 bits per heavy atom. The minimum atomic E-state index is 0. The maximum absolute atomic E-state index is 7.18. The van der Waals surface area contributed by atoms with E-state index in [9.17, 15) is 0 Å². The average Bonchev–Trinajstić information content (AvgIpc) is 2.05. The third-order valence-corrected chi connectivity index (χ3v) is 2.11. The van der Waals surface area contributed by atoms with E-state index in [-0.39, 0.29) is 18.2 Å². The molecule has 0 aromatic heterocycles. The van der Waals surface area contributed by atoms with E-state index in [1.165, 1.54) is 0 Å². The van der Waals surface area contributed by atoms with Crippen LogP contribution in [0.1, 0.15) is 5.56 Å². The first kappa shape index (κ1) is 11.3. The predicted molar refractivity (Wildman–Crippen MR) is 56.5 cm³/mol. The Bertz CT molecular complexity index is 276. The smallest absolute Gasteiger partial charge is 0.122 e. The van der Waals surface area contributed by atoms with Crippen LogP contribution in [0.4, 0.5) is 0 Å². The topological polar surface area (TPSA) is 49.9 Å². The van der Waals surface area contributed by atoms with Gasteiger partial charge in [-0.2, -0.15) is 0 Å². The molecule has 0 saturated carbocycles. The van der Waals surface area contributed by atoms with E-state index in [1.54, 1.807) is 11.8 Å². The van der Waals surface area contributed by atoms with Crippen molar-refractivity contribution < 1.29 is 0 Å². The fourth-order valence-corrected chi connectivity index (χ4v) is 1.25. The minimum absolute atomic E-state index is 0. The second-order valence-electron chi connectivity index (χ2n) is 2.15. The quantitative estimate of drug-likeness (QED) is 0.439. The fourth-order valence-electron chi connectivity index (χ4n) is 0.791. The molecule has 3 N–H and O–H groups in total. The van der Waals surface area contributed by atoms with Gasteiger partial charge in [-0.15, -0.1) is 24.2 Å². The van der Waals surface area contributed by atoms with Crippen molar-refractivity contribution >= 4 is 30.0 Å². The Morgan fingerprint density at radius 3 is 2.67 bits per heavy atom. The Morgan fingerprint density at radius 2 is 2.17 bits per heavy atom. The summed E-state index contributed by atoms with van der Waals surface area (Å²) in [6, 6.07) is 7.65. The molecule has 0 atom stereocenters. The predicted octanol–water partition coefficient (Wildman–Crippen LogP) is 2.11. The number of amidine groups is 1. The van der Waals surface area contributed by atoms with Gasteiger partial charge in [-0.05, 0) is 18.4 Å². The molecule has 2 nitrogen and oxygen atoms in total. The first-order valence-corrected chi connectivity index (χ1v) is 4.45. The molecule has 0 aliphatic rings. The highest BCUT2D eigenvalue weighted by atomic mass is 35.5. The molecular weight excluding hydrogens is 192 g/mol. The van der Waals surface area contributed by atoms with Crippen LogP contribution >= 0.6 is 24.2 Å². The lowest BCUT2D eigenvalue weighted by atomic mass is 10.2. The Hall–Kier alpha value is -0.670. The largest absolute Gasteiger partial charge is 0.384 e. The summed E-state index contributed by atoms with van der Waals surface area (Å²) >= 11 is 1.65. The van der Waals surface area contributed by atoms with Crippen LogP contribution in [-0.4, -0.2) is 12.1 Å². The van der Waals surface area contributed by atoms with Crippen LogP contribution in [0.3, 0.4) is 0 Å². The molecule has 0 spiro atoms. The van der Waals surface area contributed by atoms with Crippen molar-refractivity contribution in [2.45, 2.75) is 4.90 Å². The number of hydrogen-bond donors (Lipinski definition) is 2. The monoisotopic (exact) mass is 202 g/mol. The first-order chi connectivity index (χ1) is 5.24. The van der Waals surface area contributed by atoms with Gasteiger partial charge >= 0.3 is 0 Å². The standard InChI is InChI=1S/C8H10N2S.ClH/c1-11-7-4-2-3-6(5-7)8(9)10;/h2-5H,1H3,(H3,9,10);1H. The van der Waals surface area contributed by atoms with E-state index in [4.69, 9.17) is 11.1 Å². The van der Waals surface area contributed by atoms with Gasteiger partial charge < -0.3 is 5.73 Å². The van der Waals surface area contributed by atoms with E-state index < -0.39 is 0 Å². The number of hydrogen-bond acceptors (Lipinski definition) is 2. The molecule has 0 saturated heterocycles. The minimum Gasteiger partial charge on any atom is -0.384 e. The molecule has 1 aromatic carbocycles. The van der Waals surface area contributed by atoms with E-state index in [0.717, 1.165) is 10.5 Å². The summed E-state index contributed by atoms with van der Waals surface area (Å²) in [6.45, 7) is 0. The van der Waals surface area contributed by atoms with Gasteiger partial charge in [0, 0.05) is 10.5 Å². The number of nitrogen functional groups attached to an aromatic ring is 1. The molecule has 0 fully saturated rings. The molecule has 1 rings (SSSR count). The maximum Gasteiger partial charge on any atom is 0.122 e. The number of halogens is 1. The van der Waals surface area contributed by atoms with Gasteiger partial charge in [0.05, 0.1) is 0 Å². The lowest BCUT2D eigenvalue weighted by Gasteiger charge is -1.99. The first-order valence-electron chi connectivity index (χ1n) is 3.22. The van der Waals surface area contributed by atoms with Gasteiger partial charge in [0.2, 0.25) is 0 Å². The van der Waals surface area contributed by atoms with Crippen molar-refractivity contribution in [3.05, 3.63) is 29.8 Å². The van der Waals surface area contributed by atoms with Crippen molar-refractivity contribution in [3.63, 3.8) is 0 Å². The molecule has 0 radical (unpaired) electrons. The molecule has 66 valence electrons. The van der Waals surface area contributed by atoms with Gasteiger partial charge in [-0.25, -0.2) is 0 Å². The summed E-state index contributed by atoms with van der Waals surface area (Å²) in [7, 11) is 0. The Balaban J connectivity index is 0.00000121. The van der Waals surface area contributed by atoms with Gasteiger partial charge in [-0.1, -0.05) is 12.1 Å². The van der Waals surface area contributed by atoms with Gasteiger partial charge in [0.1, 0.15) is 5.84 Å². The van der Waals surface area contributed by atoms with Crippen molar-refractivity contribution in [2.24, 2.45) is 5.73 Å². The summed E-state index contributed by atoms with van der Waals surface area (Å²) < 4.78 is 0. The highest BCUT2D eigenvalue weighted by molar-refractivity contribution is 7.98. The zero-order valence-electron chi connectivity index (χ0n) is 6.70. The van der Waals surface area contributed by atoms with Crippen molar-refractivity contribution in [3.8, 4) is 0 Å². The summed E-state index contributed by atoms with van der Waals surface area (Å²) in [4.78, 5) is 1.14. The normalized spacial score (nSPS) is 8.75. The Labute approximate surface area is 82.5 Å². The molecule has 0 aliphatic heterocycles. The molecular formula is C8H11ClN2S. The van der Waals surface area contributed by atoms with Crippen molar-refractivity contribution in [2.75, 3.05) is 6.26 Å². The lowest BCUT2D eigenvalue weighted by Crippen LogP contribution is -2.10. The van der Waals surface area contributed by atoms with Crippen molar-refractivity contribution in [1.29, 1.82) is 5.41 Å². The van der Waals surface area contributed by atoms with Crippen LogP contribution in [0.25, 0.3) is 0 Å². The molecule has 12 heavy (non-hydrogen) atoms. The lowest BCUT2D eigenvalue weighted by molar-refractivity contribution is 1.38. The molecule has 0 amide bonds. The summed E-state index contributed by atoms with van der Waals surface area (Å²) in [5.74, 6) is 0.126. The van der Waals surface area contributed by atoms with E-state index in [2.05, 4.69) is 0 Å².